The van der Waals surface area contributed by atoms with Gasteiger partial charge in [0.1, 0.15) is 4.34 Å². The predicted octanol–water partition coefficient (Wildman–Crippen LogP) is 3.38. The average Bonchev–Trinajstić information content (AvgIpc) is 2.58. The van der Waals surface area contributed by atoms with E-state index >= 15 is 0 Å². The van der Waals surface area contributed by atoms with E-state index in [0.717, 1.165) is 21.7 Å². The number of carbonyl (C=O) groups excluding carboxylic acids is 1. The molecule has 1 amide bonds. The van der Waals surface area contributed by atoms with E-state index in [2.05, 4.69) is 28.2 Å². The second-order valence-electron chi connectivity index (χ2n) is 4.12. The summed E-state index contributed by atoms with van der Waals surface area (Å²) in [5.74, 6) is 0.152. The first-order chi connectivity index (χ1) is 6.98. The van der Waals surface area contributed by atoms with Gasteiger partial charge in [-0.05, 0) is 35.3 Å². The Balaban J connectivity index is 2.11. The van der Waals surface area contributed by atoms with E-state index in [-0.39, 0.29) is 11.4 Å². The Hall–Kier alpha value is -0.0600. The Bertz CT molecular complexity index is 387. The van der Waals surface area contributed by atoms with Crippen LogP contribution >= 0.6 is 38.9 Å². The van der Waals surface area contributed by atoms with Crippen molar-refractivity contribution in [3.63, 3.8) is 0 Å². The van der Waals surface area contributed by atoms with E-state index in [0.29, 0.717) is 6.42 Å². The van der Waals surface area contributed by atoms with Crippen LogP contribution in [0.1, 0.15) is 24.6 Å². The highest BCUT2D eigenvalue weighted by molar-refractivity contribution is 9.10. The number of rotatable bonds is 2. The molecule has 0 aliphatic carbocycles. The number of thiophene rings is 1. The van der Waals surface area contributed by atoms with Gasteiger partial charge in [0, 0.05) is 27.7 Å². The second kappa shape index (κ2) is 4.07. The highest BCUT2D eigenvalue weighted by atomic mass is 79.9. The molecule has 0 bridgehead atoms. The van der Waals surface area contributed by atoms with Gasteiger partial charge in [0.2, 0.25) is 5.91 Å². The molecule has 1 aliphatic rings. The van der Waals surface area contributed by atoms with Crippen LogP contribution in [0.3, 0.4) is 0 Å². The molecular weight excluding hydrogens is 298 g/mol. The molecule has 2 nitrogen and oxygen atoms in total. The number of nitrogens with one attached hydrogen (secondary N) is 1. The quantitative estimate of drug-likeness (QED) is 0.891. The maximum absolute atomic E-state index is 11.2. The lowest BCUT2D eigenvalue weighted by atomic mass is 9.95. The molecule has 0 saturated carbocycles. The molecule has 2 rings (SSSR count). The summed E-state index contributed by atoms with van der Waals surface area (Å²) >= 11 is 10.9. The smallest absolute Gasteiger partial charge is 0.220 e. The van der Waals surface area contributed by atoms with Crippen molar-refractivity contribution in [1.82, 2.24) is 5.32 Å². The molecule has 15 heavy (non-hydrogen) atoms. The molecule has 1 unspecified atom stereocenters. The minimum absolute atomic E-state index is 0.0926. The van der Waals surface area contributed by atoms with Crippen LogP contribution in [0.15, 0.2) is 10.5 Å². The van der Waals surface area contributed by atoms with Crippen molar-refractivity contribution < 1.29 is 4.79 Å². The summed E-state index contributed by atoms with van der Waals surface area (Å²) in [6.07, 6.45) is 2.39. The molecule has 1 aliphatic heterocycles. The molecule has 1 aromatic rings. The van der Waals surface area contributed by atoms with Crippen LogP contribution in [0.25, 0.3) is 0 Å². The molecule has 0 spiro atoms. The van der Waals surface area contributed by atoms with Crippen LogP contribution in [0, 0.1) is 0 Å². The third kappa shape index (κ3) is 2.55. The standard InChI is InChI=1S/C10H11BrClNOS/c1-10(3-2-8(14)13-10)5-6-4-7(11)9(12)15-6/h4H,2-3,5H2,1H3,(H,13,14). The number of hydrogen-bond acceptors (Lipinski definition) is 2. The molecule has 0 aromatic carbocycles. The minimum atomic E-state index is -0.0926. The predicted molar refractivity (Wildman–Crippen MR) is 66.5 cm³/mol. The van der Waals surface area contributed by atoms with E-state index in [1.54, 1.807) is 11.3 Å². The molecular formula is C10H11BrClNOS. The Labute approximate surface area is 106 Å². The van der Waals surface area contributed by atoms with Crippen LogP contribution in [-0.2, 0) is 11.2 Å². The van der Waals surface area contributed by atoms with Crippen LogP contribution in [0.2, 0.25) is 4.34 Å². The highest BCUT2D eigenvalue weighted by Gasteiger charge is 2.33. The SMILES string of the molecule is CC1(Cc2cc(Br)c(Cl)s2)CCC(=O)N1. The number of hydrogen-bond donors (Lipinski definition) is 1. The van der Waals surface area contributed by atoms with Gasteiger partial charge in [0.15, 0.2) is 0 Å². The Morgan fingerprint density at radius 3 is 2.93 bits per heavy atom. The van der Waals surface area contributed by atoms with Gasteiger partial charge in [-0.3, -0.25) is 4.79 Å². The summed E-state index contributed by atoms with van der Waals surface area (Å²) in [5, 5.41) is 3.02. The van der Waals surface area contributed by atoms with E-state index in [1.807, 2.05) is 6.07 Å². The van der Waals surface area contributed by atoms with Crippen LogP contribution in [-0.4, -0.2) is 11.4 Å². The maximum Gasteiger partial charge on any atom is 0.220 e. The second-order valence-corrected chi connectivity index (χ2v) is 6.71. The summed E-state index contributed by atoms with van der Waals surface area (Å²) in [5.41, 5.74) is -0.0926. The van der Waals surface area contributed by atoms with Crippen molar-refractivity contribution in [2.24, 2.45) is 0 Å². The fourth-order valence-electron chi connectivity index (χ4n) is 1.85. The van der Waals surface area contributed by atoms with E-state index < -0.39 is 0 Å². The zero-order valence-corrected chi connectivity index (χ0v) is 11.4. The normalized spacial score (nSPS) is 25.7. The highest BCUT2D eigenvalue weighted by Crippen LogP contribution is 2.35. The zero-order valence-electron chi connectivity index (χ0n) is 8.27. The summed E-state index contributed by atoms with van der Waals surface area (Å²) in [7, 11) is 0. The number of carbonyl (C=O) groups is 1. The Morgan fingerprint density at radius 1 is 1.73 bits per heavy atom. The van der Waals surface area contributed by atoms with Crippen molar-refractivity contribution in [1.29, 1.82) is 0 Å². The van der Waals surface area contributed by atoms with Crippen molar-refractivity contribution >= 4 is 44.8 Å². The van der Waals surface area contributed by atoms with Gasteiger partial charge in [0.05, 0.1) is 0 Å². The average molecular weight is 309 g/mol. The van der Waals surface area contributed by atoms with Crippen molar-refractivity contribution in [3.05, 3.63) is 19.8 Å². The summed E-state index contributed by atoms with van der Waals surface area (Å²) < 4.78 is 1.72. The minimum Gasteiger partial charge on any atom is -0.351 e. The van der Waals surface area contributed by atoms with E-state index in [4.69, 9.17) is 11.6 Å². The summed E-state index contributed by atoms with van der Waals surface area (Å²) in [6, 6.07) is 2.03. The monoisotopic (exact) mass is 307 g/mol. The molecule has 1 saturated heterocycles. The lowest BCUT2D eigenvalue weighted by Crippen LogP contribution is -2.40. The van der Waals surface area contributed by atoms with Crippen LogP contribution in [0.4, 0.5) is 0 Å². The molecule has 1 N–H and O–H groups in total. The van der Waals surface area contributed by atoms with Crippen LogP contribution in [0.5, 0.6) is 0 Å². The van der Waals surface area contributed by atoms with Gasteiger partial charge in [-0.2, -0.15) is 0 Å². The van der Waals surface area contributed by atoms with Gasteiger partial charge in [-0.1, -0.05) is 11.6 Å². The first-order valence-electron chi connectivity index (χ1n) is 4.73. The van der Waals surface area contributed by atoms with E-state index in [9.17, 15) is 4.79 Å². The maximum atomic E-state index is 11.2. The molecule has 82 valence electrons. The van der Waals surface area contributed by atoms with Crippen molar-refractivity contribution in [3.8, 4) is 0 Å². The molecule has 1 aromatic heterocycles. The fraction of sp³-hybridized carbons (Fsp3) is 0.500. The topological polar surface area (TPSA) is 29.1 Å². The Morgan fingerprint density at radius 2 is 2.47 bits per heavy atom. The Kier molecular flexibility index (Phi) is 3.10. The molecule has 1 fully saturated rings. The summed E-state index contributed by atoms with van der Waals surface area (Å²) in [4.78, 5) is 12.4. The lowest BCUT2D eigenvalue weighted by Gasteiger charge is -2.22. The zero-order chi connectivity index (χ0) is 11.1. The largest absolute Gasteiger partial charge is 0.351 e. The molecule has 2 heterocycles. The number of amides is 1. The third-order valence-corrected chi connectivity index (χ3v) is 5.08. The van der Waals surface area contributed by atoms with Gasteiger partial charge >= 0.3 is 0 Å². The lowest BCUT2D eigenvalue weighted by molar-refractivity contribution is -0.119. The van der Waals surface area contributed by atoms with Crippen LogP contribution < -0.4 is 5.32 Å². The fourth-order valence-corrected chi connectivity index (χ4v) is 3.82. The first-order valence-corrected chi connectivity index (χ1v) is 6.72. The van der Waals surface area contributed by atoms with Gasteiger partial charge in [0.25, 0.3) is 0 Å². The first kappa shape index (κ1) is 11.4. The van der Waals surface area contributed by atoms with Gasteiger partial charge in [-0.25, -0.2) is 0 Å². The van der Waals surface area contributed by atoms with Crippen molar-refractivity contribution in [2.45, 2.75) is 31.7 Å². The molecule has 1 atom stereocenters. The summed E-state index contributed by atoms with van der Waals surface area (Å²) in [6.45, 7) is 2.08. The molecule has 5 heteroatoms. The van der Waals surface area contributed by atoms with E-state index in [1.165, 1.54) is 4.88 Å². The number of halogens is 2. The van der Waals surface area contributed by atoms with Crippen molar-refractivity contribution in [2.75, 3.05) is 0 Å². The van der Waals surface area contributed by atoms with Gasteiger partial charge < -0.3 is 5.32 Å². The molecule has 0 radical (unpaired) electrons. The third-order valence-electron chi connectivity index (χ3n) is 2.61. The van der Waals surface area contributed by atoms with Gasteiger partial charge in [-0.15, -0.1) is 11.3 Å².